The van der Waals surface area contributed by atoms with Crippen molar-refractivity contribution < 1.29 is 13.2 Å². The molecule has 0 aliphatic rings. The normalized spacial score (nSPS) is 11.3. The van der Waals surface area contributed by atoms with Crippen LogP contribution in [0.3, 0.4) is 0 Å². The number of aromatic nitrogens is 4. The van der Waals surface area contributed by atoms with E-state index in [-0.39, 0.29) is 12.5 Å². The van der Waals surface area contributed by atoms with Crippen molar-refractivity contribution in [1.29, 1.82) is 0 Å². The summed E-state index contributed by atoms with van der Waals surface area (Å²) in [5, 5.41) is 6.13. The summed E-state index contributed by atoms with van der Waals surface area (Å²) in [4.78, 5) is 16.8. The van der Waals surface area contributed by atoms with E-state index in [2.05, 4.69) is 30.6 Å². The predicted molar refractivity (Wildman–Crippen MR) is 121 cm³/mol. The monoisotopic (exact) mass is 451 g/mol. The van der Waals surface area contributed by atoms with E-state index in [1.54, 1.807) is 24.5 Å². The number of hydrogen-bond acceptors (Lipinski definition) is 7. The molecule has 0 fully saturated rings. The third-order valence-corrected chi connectivity index (χ3v) is 4.78. The van der Waals surface area contributed by atoms with Gasteiger partial charge in [0.15, 0.2) is 0 Å². The molecule has 0 saturated carbocycles. The Morgan fingerprint density at radius 1 is 0.970 bits per heavy atom. The van der Waals surface area contributed by atoms with Crippen molar-refractivity contribution in [3.05, 3.63) is 83.7 Å². The zero-order valence-electron chi connectivity index (χ0n) is 17.6. The van der Waals surface area contributed by atoms with Crippen LogP contribution in [0.25, 0.3) is 11.3 Å². The molecule has 0 amide bonds. The SMILES string of the molecule is Cc1cnc(N)nc1-c1ccc(Nc2ccnc(NCc3cccc(C(F)(F)F)c3)n2)cc1. The average Bonchev–Trinajstić information content (AvgIpc) is 2.80. The van der Waals surface area contributed by atoms with Crippen molar-refractivity contribution in [2.75, 3.05) is 16.4 Å². The van der Waals surface area contributed by atoms with Crippen LogP contribution < -0.4 is 16.4 Å². The summed E-state index contributed by atoms with van der Waals surface area (Å²) in [6.07, 6.45) is -1.14. The second-order valence-corrected chi connectivity index (χ2v) is 7.28. The maximum Gasteiger partial charge on any atom is 0.416 e. The molecular formula is C23H20F3N7. The fourth-order valence-corrected chi connectivity index (χ4v) is 3.16. The molecule has 0 bridgehead atoms. The molecule has 4 N–H and O–H groups in total. The summed E-state index contributed by atoms with van der Waals surface area (Å²) < 4.78 is 38.7. The summed E-state index contributed by atoms with van der Waals surface area (Å²) in [5.74, 6) is 1.04. The summed E-state index contributed by atoms with van der Waals surface area (Å²) in [7, 11) is 0. The summed E-state index contributed by atoms with van der Waals surface area (Å²) in [6, 6.07) is 14.4. The molecule has 4 rings (SSSR count). The van der Waals surface area contributed by atoms with E-state index in [0.717, 1.165) is 34.6 Å². The first-order valence-corrected chi connectivity index (χ1v) is 9.97. The van der Waals surface area contributed by atoms with Crippen LogP contribution >= 0.6 is 0 Å². The standard InChI is InChI=1S/C23H20F3N7/c1-14-12-29-21(27)33-20(14)16-5-7-18(8-6-16)31-19-9-10-28-22(32-19)30-13-15-3-2-4-17(11-15)23(24,25)26/h2-12H,13H2,1H3,(H2,27,29,33)(H2,28,30,31,32). The Kier molecular flexibility index (Phi) is 6.07. The van der Waals surface area contributed by atoms with Crippen LogP contribution in [0.5, 0.6) is 0 Å². The molecule has 0 saturated heterocycles. The number of aryl methyl sites for hydroxylation is 1. The van der Waals surface area contributed by atoms with Gasteiger partial charge in [0.1, 0.15) is 5.82 Å². The largest absolute Gasteiger partial charge is 0.416 e. The van der Waals surface area contributed by atoms with Crippen LogP contribution in [0.15, 0.2) is 67.0 Å². The molecule has 0 spiro atoms. The zero-order chi connectivity index (χ0) is 23.4. The van der Waals surface area contributed by atoms with Crippen LogP contribution in [-0.2, 0) is 12.7 Å². The quantitative estimate of drug-likeness (QED) is 0.370. The molecule has 7 nitrogen and oxygen atoms in total. The lowest BCUT2D eigenvalue weighted by Crippen LogP contribution is -2.08. The van der Waals surface area contributed by atoms with Gasteiger partial charge in [-0.15, -0.1) is 0 Å². The van der Waals surface area contributed by atoms with Gasteiger partial charge in [-0.05, 0) is 48.4 Å². The number of nitrogens with one attached hydrogen (secondary N) is 2. The summed E-state index contributed by atoms with van der Waals surface area (Å²) in [6.45, 7) is 2.07. The molecule has 0 aliphatic carbocycles. The lowest BCUT2D eigenvalue weighted by atomic mass is 10.1. The van der Waals surface area contributed by atoms with Crippen molar-refractivity contribution in [3.63, 3.8) is 0 Å². The summed E-state index contributed by atoms with van der Waals surface area (Å²) in [5.41, 5.74) is 8.85. The third kappa shape index (κ3) is 5.53. The molecule has 0 radical (unpaired) electrons. The topological polar surface area (TPSA) is 102 Å². The molecule has 0 atom stereocenters. The van der Waals surface area contributed by atoms with Crippen LogP contribution in [0, 0.1) is 6.92 Å². The Morgan fingerprint density at radius 2 is 1.76 bits per heavy atom. The number of alkyl halides is 3. The highest BCUT2D eigenvalue weighted by Gasteiger charge is 2.30. The van der Waals surface area contributed by atoms with Gasteiger partial charge in [-0.25, -0.2) is 15.0 Å². The van der Waals surface area contributed by atoms with E-state index in [1.165, 1.54) is 6.07 Å². The minimum Gasteiger partial charge on any atom is -0.368 e. The van der Waals surface area contributed by atoms with E-state index in [9.17, 15) is 13.2 Å². The highest BCUT2D eigenvalue weighted by atomic mass is 19.4. The van der Waals surface area contributed by atoms with Crippen LogP contribution in [-0.4, -0.2) is 19.9 Å². The molecule has 33 heavy (non-hydrogen) atoms. The molecular weight excluding hydrogens is 431 g/mol. The Bertz CT molecular complexity index is 1260. The molecule has 0 aliphatic heterocycles. The van der Waals surface area contributed by atoms with Crippen LogP contribution in [0.1, 0.15) is 16.7 Å². The van der Waals surface area contributed by atoms with E-state index in [4.69, 9.17) is 5.73 Å². The predicted octanol–water partition coefficient (Wildman–Crippen LogP) is 5.20. The Morgan fingerprint density at radius 3 is 2.52 bits per heavy atom. The molecule has 10 heteroatoms. The molecule has 0 unspecified atom stereocenters. The number of anilines is 4. The molecule has 4 aromatic rings. The van der Waals surface area contributed by atoms with E-state index < -0.39 is 11.7 Å². The number of nitrogens with two attached hydrogens (primary N) is 1. The summed E-state index contributed by atoms with van der Waals surface area (Å²) >= 11 is 0. The van der Waals surface area contributed by atoms with E-state index in [1.807, 2.05) is 31.2 Å². The minimum atomic E-state index is -4.38. The van der Waals surface area contributed by atoms with Crippen molar-refractivity contribution >= 4 is 23.4 Å². The van der Waals surface area contributed by atoms with Gasteiger partial charge in [-0.3, -0.25) is 0 Å². The maximum absolute atomic E-state index is 12.9. The Hall–Kier alpha value is -4.21. The highest BCUT2D eigenvalue weighted by molar-refractivity contribution is 5.67. The molecule has 2 aromatic carbocycles. The van der Waals surface area contributed by atoms with E-state index in [0.29, 0.717) is 17.3 Å². The zero-order valence-corrected chi connectivity index (χ0v) is 17.6. The van der Waals surface area contributed by atoms with Gasteiger partial charge in [-0.1, -0.05) is 24.3 Å². The Balaban J connectivity index is 1.43. The molecule has 168 valence electrons. The smallest absolute Gasteiger partial charge is 0.368 e. The van der Waals surface area contributed by atoms with Crippen molar-refractivity contribution in [3.8, 4) is 11.3 Å². The van der Waals surface area contributed by atoms with Gasteiger partial charge in [0.25, 0.3) is 0 Å². The van der Waals surface area contributed by atoms with Crippen molar-refractivity contribution in [1.82, 2.24) is 19.9 Å². The Labute approximate surface area is 188 Å². The molecule has 2 heterocycles. The highest BCUT2D eigenvalue weighted by Crippen LogP contribution is 2.29. The van der Waals surface area contributed by atoms with Gasteiger partial charge in [0.2, 0.25) is 11.9 Å². The fraction of sp³-hybridized carbons (Fsp3) is 0.130. The van der Waals surface area contributed by atoms with Crippen LogP contribution in [0.4, 0.5) is 36.6 Å². The number of nitrogen functional groups attached to an aromatic ring is 1. The maximum atomic E-state index is 12.9. The van der Waals surface area contributed by atoms with E-state index >= 15 is 0 Å². The van der Waals surface area contributed by atoms with Gasteiger partial charge < -0.3 is 16.4 Å². The lowest BCUT2D eigenvalue weighted by molar-refractivity contribution is -0.137. The number of hydrogen-bond donors (Lipinski definition) is 3. The lowest BCUT2D eigenvalue weighted by Gasteiger charge is -2.11. The first kappa shape index (κ1) is 22.0. The van der Waals surface area contributed by atoms with Crippen molar-refractivity contribution in [2.45, 2.75) is 19.6 Å². The average molecular weight is 451 g/mol. The number of halogens is 3. The second kappa shape index (κ2) is 9.11. The van der Waals surface area contributed by atoms with Gasteiger partial charge in [-0.2, -0.15) is 18.2 Å². The number of benzene rings is 2. The van der Waals surface area contributed by atoms with Gasteiger partial charge in [0, 0.05) is 30.2 Å². The number of rotatable bonds is 6. The minimum absolute atomic E-state index is 0.156. The van der Waals surface area contributed by atoms with Crippen molar-refractivity contribution in [2.24, 2.45) is 0 Å². The third-order valence-electron chi connectivity index (χ3n) is 4.78. The number of nitrogens with zero attached hydrogens (tertiary/aromatic N) is 4. The first-order valence-electron chi connectivity index (χ1n) is 9.97. The van der Waals surface area contributed by atoms with Gasteiger partial charge >= 0.3 is 6.18 Å². The molecule has 2 aromatic heterocycles. The van der Waals surface area contributed by atoms with Crippen LogP contribution in [0.2, 0.25) is 0 Å². The van der Waals surface area contributed by atoms with Gasteiger partial charge in [0.05, 0.1) is 11.3 Å². The second-order valence-electron chi connectivity index (χ2n) is 7.28. The first-order chi connectivity index (χ1) is 15.8. The fourth-order valence-electron chi connectivity index (χ4n) is 3.16.